The third kappa shape index (κ3) is 3.08. The summed E-state index contributed by atoms with van der Waals surface area (Å²) in [6, 6.07) is 4.30. The molecule has 0 bridgehead atoms. The molecule has 0 radical (unpaired) electrons. The lowest BCUT2D eigenvalue weighted by molar-refractivity contribution is 0.162. The van der Waals surface area contributed by atoms with Gasteiger partial charge in [-0.05, 0) is 37.8 Å². The van der Waals surface area contributed by atoms with Gasteiger partial charge in [0.25, 0.3) is 0 Å². The monoisotopic (exact) mass is 213 g/mol. The molecule has 2 nitrogen and oxygen atoms in total. The Morgan fingerprint density at radius 2 is 2.21 bits per heavy atom. The Kier molecular flexibility index (Phi) is 4.58. The number of thiophene rings is 1. The van der Waals surface area contributed by atoms with Crippen molar-refractivity contribution in [2.75, 3.05) is 6.54 Å². The predicted molar refractivity (Wildman–Crippen MR) is 61.8 cm³/mol. The molecule has 2 unspecified atom stereocenters. The van der Waals surface area contributed by atoms with E-state index in [0.29, 0.717) is 12.5 Å². The Labute approximate surface area is 89.8 Å². The van der Waals surface area contributed by atoms with Crippen molar-refractivity contribution >= 4 is 11.3 Å². The smallest absolute Gasteiger partial charge is 0.0668 e. The zero-order valence-corrected chi connectivity index (χ0v) is 9.68. The molecule has 0 saturated carbocycles. The van der Waals surface area contributed by atoms with Crippen molar-refractivity contribution in [3.8, 4) is 0 Å². The van der Waals surface area contributed by atoms with E-state index in [0.717, 1.165) is 12.8 Å². The number of hydrogen-bond donors (Lipinski definition) is 2. The molecule has 0 aliphatic carbocycles. The van der Waals surface area contributed by atoms with E-state index in [2.05, 4.69) is 26.0 Å². The van der Waals surface area contributed by atoms with Crippen molar-refractivity contribution in [2.24, 2.45) is 5.73 Å². The summed E-state index contributed by atoms with van der Waals surface area (Å²) in [6.45, 7) is 4.63. The normalized spacial score (nSPS) is 15.4. The summed E-state index contributed by atoms with van der Waals surface area (Å²) in [5.74, 6) is 0.465. The second kappa shape index (κ2) is 5.49. The van der Waals surface area contributed by atoms with Gasteiger partial charge >= 0.3 is 0 Å². The number of aliphatic hydroxyl groups is 1. The van der Waals surface area contributed by atoms with E-state index < -0.39 is 0 Å². The van der Waals surface area contributed by atoms with Crippen LogP contribution in [0.1, 0.15) is 35.4 Å². The van der Waals surface area contributed by atoms with Crippen LogP contribution in [0.25, 0.3) is 0 Å². The molecule has 0 spiro atoms. The third-order valence-electron chi connectivity index (χ3n) is 2.48. The van der Waals surface area contributed by atoms with Gasteiger partial charge in [0.1, 0.15) is 0 Å². The number of nitrogens with two attached hydrogens (primary N) is 1. The first kappa shape index (κ1) is 11.7. The minimum atomic E-state index is -0.359. The maximum absolute atomic E-state index is 9.51. The minimum absolute atomic E-state index is 0.359. The van der Waals surface area contributed by atoms with E-state index in [4.69, 9.17) is 5.73 Å². The lowest BCUT2D eigenvalue weighted by Gasteiger charge is -2.16. The first-order valence-corrected chi connectivity index (χ1v) is 5.93. The van der Waals surface area contributed by atoms with Crippen LogP contribution in [0.3, 0.4) is 0 Å². The van der Waals surface area contributed by atoms with Gasteiger partial charge in [-0.1, -0.05) is 6.92 Å². The van der Waals surface area contributed by atoms with E-state index in [-0.39, 0.29) is 6.10 Å². The molecular weight excluding hydrogens is 194 g/mol. The van der Waals surface area contributed by atoms with Crippen LogP contribution >= 0.6 is 11.3 Å². The van der Waals surface area contributed by atoms with Crippen molar-refractivity contribution < 1.29 is 5.11 Å². The topological polar surface area (TPSA) is 46.2 Å². The van der Waals surface area contributed by atoms with Crippen LogP contribution in [0.4, 0.5) is 0 Å². The van der Waals surface area contributed by atoms with Gasteiger partial charge in [-0.3, -0.25) is 0 Å². The first-order chi connectivity index (χ1) is 6.67. The molecule has 1 aromatic rings. The van der Waals surface area contributed by atoms with Gasteiger partial charge in [-0.2, -0.15) is 0 Å². The highest BCUT2D eigenvalue weighted by Crippen LogP contribution is 2.30. The quantitative estimate of drug-likeness (QED) is 0.788. The molecular formula is C11H19NOS. The molecule has 0 saturated heterocycles. The van der Waals surface area contributed by atoms with Crippen LogP contribution in [0.2, 0.25) is 0 Å². The molecule has 1 aromatic heterocycles. The molecule has 0 aliphatic rings. The van der Waals surface area contributed by atoms with Crippen molar-refractivity contribution in [1.29, 1.82) is 0 Å². The summed E-state index contributed by atoms with van der Waals surface area (Å²) >= 11 is 1.82. The molecule has 0 fully saturated rings. The van der Waals surface area contributed by atoms with Crippen LogP contribution in [-0.2, 0) is 0 Å². The van der Waals surface area contributed by atoms with Crippen LogP contribution in [0, 0.1) is 6.92 Å². The van der Waals surface area contributed by atoms with E-state index in [1.165, 1.54) is 9.75 Å². The van der Waals surface area contributed by atoms with Crippen LogP contribution in [0.15, 0.2) is 12.1 Å². The zero-order chi connectivity index (χ0) is 10.6. The molecule has 0 amide bonds. The lowest BCUT2D eigenvalue weighted by atomic mass is 9.97. The van der Waals surface area contributed by atoms with Gasteiger partial charge in [0.2, 0.25) is 0 Å². The Morgan fingerprint density at radius 1 is 1.50 bits per heavy atom. The van der Waals surface area contributed by atoms with Gasteiger partial charge < -0.3 is 10.8 Å². The van der Waals surface area contributed by atoms with Crippen molar-refractivity contribution in [3.05, 3.63) is 21.9 Å². The molecule has 1 rings (SSSR count). The molecule has 80 valence electrons. The van der Waals surface area contributed by atoms with Crippen LogP contribution in [-0.4, -0.2) is 17.8 Å². The summed E-state index contributed by atoms with van der Waals surface area (Å²) in [6.07, 6.45) is 1.49. The summed E-state index contributed by atoms with van der Waals surface area (Å²) in [5, 5.41) is 9.51. The fourth-order valence-corrected chi connectivity index (χ4v) is 2.66. The average molecular weight is 213 g/mol. The first-order valence-electron chi connectivity index (χ1n) is 5.11. The summed E-state index contributed by atoms with van der Waals surface area (Å²) in [5.41, 5.74) is 5.41. The van der Waals surface area contributed by atoms with Crippen LogP contribution in [0.5, 0.6) is 0 Å². The van der Waals surface area contributed by atoms with Crippen molar-refractivity contribution in [1.82, 2.24) is 0 Å². The van der Waals surface area contributed by atoms with Gasteiger partial charge in [-0.15, -0.1) is 11.3 Å². The average Bonchev–Trinajstić information content (AvgIpc) is 2.60. The Bertz CT molecular complexity index is 272. The number of aliphatic hydroxyl groups excluding tert-OH is 1. The van der Waals surface area contributed by atoms with E-state index in [1.54, 1.807) is 0 Å². The Morgan fingerprint density at radius 3 is 2.64 bits per heavy atom. The van der Waals surface area contributed by atoms with Crippen LogP contribution < -0.4 is 5.73 Å². The SMILES string of the molecule is CCC(CC(O)CN)c1ccc(C)s1. The maximum Gasteiger partial charge on any atom is 0.0668 e. The van der Waals surface area contributed by atoms with Gasteiger partial charge in [0.15, 0.2) is 0 Å². The van der Waals surface area contributed by atoms with Crippen molar-refractivity contribution in [2.45, 2.75) is 38.7 Å². The third-order valence-corrected chi connectivity index (χ3v) is 3.65. The minimum Gasteiger partial charge on any atom is -0.392 e. The van der Waals surface area contributed by atoms with E-state index >= 15 is 0 Å². The largest absolute Gasteiger partial charge is 0.392 e. The van der Waals surface area contributed by atoms with E-state index in [9.17, 15) is 5.11 Å². The molecule has 2 atom stereocenters. The molecule has 14 heavy (non-hydrogen) atoms. The second-order valence-electron chi connectivity index (χ2n) is 3.68. The van der Waals surface area contributed by atoms with Gasteiger partial charge in [0, 0.05) is 16.3 Å². The molecule has 1 heterocycles. The highest BCUT2D eigenvalue weighted by atomic mass is 32.1. The van der Waals surface area contributed by atoms with E-state index in [1.807, 2.05) is 11.3 Å². The maximum atomic E-state index is 9.51. The highest BCUT2D eigenvalue weighted by Gasteiger charge is 2.15. The van der Waals surface area contributed by atoms with Crippen molar-refractivity contribution in [3.63, 3.8) is 0 Å². The molecule has 3 N–H and O–H groups in total. The zero-order valence-electron chi connectivity index (χ0n) is 8.86. The Hall–Kier alpha value is -0.380. The second-order valence-corrected chi connectivity index (χ2v) is 5.00. The fourth-order valence-electron chi connectivity index (χ4n) is 1.58. The lowest BCUT2D eigenvalue weighted by Crippen LogP contribution is -2.21. The van der Waals surface area contributed by atoms with Gasteiger partial charge in [-0.25, -0.2) is 0 Å². The number of aryl methyl sites for hydroxylation is 1. The number of hydrogen-bond acceptors (Lipinski definition) is 3. The summed E-state index contributed by atoms with van der Waals surface area (Å²) < 4.78 is 0. The number of rotatable bonds is 5. The van der Waals surface area contributed by atoms with Gasteiger partial charge in [0.05, 0.1) is 6.10 Å². The standard InChI is InChI=1S/C11H19NOS/c1-3-9(6-10(13)7-12)11-5-4-8(2)14-11/h4-5,9-10,13H,3,6-7,12H2,1-2H3. The summed E-state index contributed by atoms with van der Waals surface area (Å²) in [7, 11) is 0. The predicted octanol–water partition coefficient (Wildman–Crippen LogP) is 2.26. The molecule has 0 aromatic carbocycles. The Balaban J connectivity index is 2.62. The summed E-state index contributed by atoms with van der Waals surface area (Å²) in [4.78, 5) is 2.71. The molecule has 0 aliphatic heterocycles. The highest BCUT2D eigenvalue weighted by molar-refractivity contribution is 7.12. The fraction of sp³-hybridized carbons (Fsp3) is 0.636. The molecule has 3 heteroatoms.